The molecule has 1 aromatic heterocycles. The van der Waals surface area contributed by atoms with E-state index in [-0.39, 0.29) is 0 Å². The highest BCUT2D eigenvalue weighted by Gasteiger charge is 2.20. The maximum atomic E-state index is 6.19. The topological polar surface area (TPSA) is 53.5 Å². The third kappa shape index (κ3) is 6.14. The van der Waals surface area contributed by atoms with Crippen LogP contribution in [0, 0.1) is 0 Å². The summed E-state index contributed by atoms with van der Waals surface area (Å²) < 4.78 is 5.36. The van der Waals surface area contributed by atoms with Crippen LogP contribution in [0.4, 0.5) is 17.3 Å². The van der Waals surface area contributed by atoms with Crippen molar-refractivity contribution >= 4 is 28.9 Å². The van der Waals surface area contributed by atoms with Crippen molar-refractivity contribution in [2.24, 2.45) is 0 Å². The first-order valence-electron chi connectivity index (χ1n) is 12.2. The minimum Gasteiger partial charge on any atom is -0.497 e. The third-order valence-electron chi connectivity index (χ3n) is 6.39. The van der Waals surface area contributed by atoms with Crippen LogP contribution in [0.5, 0.6) is 5.75 Å². The lowest BCUT2D eigenvalue weighted by Crippen LogP contribution is -2.47. The molecule has 1 aliphatic heterocycles. The number of anilines is 3. The number of nitrogens with zero attached hydrogens (tertiary/aromatic N) is 4. The molecule has 1 fully saturated rings. The van der Waals surface area contributed by atoms with E-state index in [1.807, 2.05) is 66.7 Å². The van der Waals surface area contributed by atoms with E-state index in [0.29, 0.717) is 10.8 Å². The number of hydrogen-bond donors (Lipinski definition) is 1. The molecule has 0 unspecified atom stereocenters. The first kappa shape index (κ1) is 24.1. The molecule has 36 heavy (non-hydrogen) atoms. The molecule has 0 aliphatic carbocycles. The Morgan fingerprint density at radius 2 is 1.67 bits per heavy atom. The quantitative estimate of drug-likeness (QED) is 0.325. The van der Waals surface area contributed by atoms with Crippen LogP contribution in [0.3, 0.4) is 0 Å². The zero-order valence-corrected chi connectivity index (χ0v) is 21.2. The van der Waals surface area contributed by atoms with Gasteiger partial charge < -0.3 is 15.0 Å². The van der Waals surface area contributed by atoms with Gasteiger partial charge in [-0.05, 0) is 42.3 Å². The largest absolute Gasteiger partial charge is 0.497 e. The van der Waals surface area contributed by atoms with Crippen molar-refractivity contribution in [2.45, 2.75) is 6.42 Å². The molecule has 0 amide bonds. The minimum absolute atomic E-state index is 0.683. The van der Waals surface area contributed by atoms with E-state index in [9.17, 15) is 0 Å². The van der Waals surface area contributed by atoms with Gasteiger partial charge in [0.2, 0.25) is 0 Å². The Balaban J connectivity index is 1.29. The monoisotopic (exact) mass is 499 g/mol. The lowest BCUT2D eigenvalue weighted by atomic mass is 10.1. The van der Waals surface area contributed by atoms with Crippen molar-refractivity contribution in [1.82, 2.24) is 14.9 Å². The predicted molar refractivity (Wildman–Crippen MR) is 148 cm³/mol. The maximum absolute atomic E-state index is 6.19. The van der Waals surface area contributed by atoms with Gasteiger partial charge in [-0.1, -0.05) is 60.1 Å². The molecule has 0 radical (unpaired) electrons. The summed E-state index contributed by atoms with van der Waals surface area (Å²) in [5, 5.41) is 4.09. The Bertz CT molecular complexity index is 1290. The molecule has 6 nitrogen and oxygen atoms in total. The van der Waals surface area contributed by atoms with Crippen molar-refractivity contribution in [1.29, 1.82) is 0 Å². The molecule has 0 saturated carbocycles. The molecule has 4 aromatic rings. The molecular weight excluding hydrogens is 470 g/mol. The Morgan fingerprint density at radius 1 is 0.861 bits per heavy atom. The molecule has 1 saturated heterocycles. The molecule has 1 aliphatic rings. The van der Waals surface area contributed by atoms with Gasteiger partial charge in [-0.3, -0.25) is 4.90 Å². The van der Waals surface area contributed by atoms with E-state index in [2.05, 4.69) is 33.3 Å². The van der Waals surface area contributed by atoms with Gasteiger partial charge in [-0.25, -0.2) is 9.97 Å². The number of aromatic nitrogens is 2. The second kappa shape index (κ2) is 11.4. The van der Waals surface area contributed by atoms with Crippen LogP contribution in [0.1, 0.15) is 5.56 Å². The summed E-state index contributed by atoms with van der Waals surface area (Å²) in [6.45, 7) is 4.85. The molecule has 184 valence electrons. The average molecular weight is 500 g/mol. The van der Waals surface area contributed by atoms with Crippen molar-refractivity contribution in [3.8, 4) is 17.1 Å². The standard InChI is InChI=1S/C29H30ClN5O/c1-36-26-12-5-7-22(19-26)13-14-34-15-17-35(18-16-34)28-21-27(31-25-11-6-10-24(30)20-25)32-29(33-28)23-8-3-2-4-9-23/h2-12,19-21H,13-18H2,1H3,(H,31,32,33). The number of ether oxygens (including phenoxy) is 1. The van der Waals surface area contributed by atoms with Gasteiger partial charge in [0.25, 0.3) is 0 Å². The van der Waals surface area contributed by atoms with Gasteiger partial charge in [0.15, 0.2) is 5.82 Å². The molecule has 0 atom stereocenters. The van der Waals surface area contributed by atoms with E-state index >= 15 is 0 Å². The number of nitrogens with one attached hydrogen (secondary N) is 1. The van der Waals surface area contributed by atoms with Crippen LogP contribution in [-0.2, 0) is 6.42 Å². The van der Waals surface area contributed by atoms with Crippen LogP contribution in [-0.4, -0.2) is 54.7 Å². The van der Waals surface area contributed by atoms with Crippen molar-refractivity contribution < 1.29 is 4.74 Å². The zero-order valence-electron chi connectivity index (χ0n) is 20.4. The van der Waals surface area contributed by atoms with Gasteiger partial charge in [-0.15, -0.1) is 0 Å². The molecular formula is C29H30ClN5O. The summed E-state index contributed by atoms with van der Waals surface area (Å²) in [5.74, 6) is 3.30. The van der Waals surface area contributed by atoms with Crippen LogP contribution >= 0.6 is 11.6 Å². The first-order valence-corrected chi connectivity index (χ1v) is 12.6. The van der Waals surface area contributed by atoms with Gasteiger partial charge in [0.05, 0.1) is 7.11 Å². The normalized spacial score (nSPS) is 14.0. The fraction of sp³-hybridized carbons (Fsp3) is 0.241. The number of methoxy groups -OCH3 is 1. The summed E-state index contributed by atoms with van der Waals surface area (Å²) in [6.07, 6.45) is 1.01. The highest BCUT2D eigenvalue weighted by Crippen LogP contribution is 2.26. The van der Waals surface area contributed by atoms with E-state index < -0.39 is 0 Å². The summed E-state index contributed by atoms with van der Waals surface area (Å²) in [6, 6.07) is 28.1. The van der Waals surface area contributed by atoms with Crippen LogP contribution < -0.4 is 15.0 Å². The molecule has 7 heteroatoms. The van der Waals surface area contributed by atoms with Gasteiger partial charge >= 0.3 is 0 Å². The lowest BCUT2D eigenvalue weighted by Gasteiger charge is -2.35. The molecule has 0 bridgehead atoms. The fourth-order valence-corrected chi connectivity index (χ4v) is 4.60. The molecule has 1 N–H and O–H groups in total. The minimum atomic E-state index is 0.683. The zero-order chi connectivity index (χ0) is 24.7. The molecule has 2 heterocycles. The van der Waals surface area contributed by atoms with Crippen LogP contribution in [0.2, 0.25) is 5.02 Å². The number of piperazine rings is 1. The number of hydrogen-bond acceptors (Lipinski definition) is 6. The average Bonchev–Trinajstić information content (AvgIpc) is 2.93. The first-order chi connectivity index (χ1) is 17.7. The van der Waals surface area contributed by atoms with Gasteiger partial charge in [-0.2, -0.15) is 0 Å². The predicted octanol–water partition coefficient (Wildman–Crippen LogP) is 5.91. The highest BCUT2D eigenvalue weighted by atomic mass is 35.5. The van der Waals surface area contributed by atoms with E-state index in [4.69, 9.17) is 26.3 Å². The Morgan fingerprint density at radius 3 is 2.44 bits per heavy atom. The maximum Gasteiger partial charge on any atom is 0.163 e. The van der Waals surface area contributed by atoms with Crippen molar-refractivity contribution in [3.63, 3.8) is 0 Å². The smallest absolute Gasteiger partial charge is 0.163 e. The third-order valence-corrected chi connectivity index (χ3v) is 6.62. The molecule has 3 aromatic carbocycles. The Labute approximate surface area is 217 Å². The number of rotatable bonds is 8. The fourth-order valence-electron chi connectivity index (χ4n) is 4.41. The summed E-state index contributed by atoms with van der Waals surface area (Å²) >= 11 is 6.19. The molecule has 5 rings (SSSR count). The second-order valence-corrected chi connectivity index (χ2v) is 9.30. The van der Waals surface area contributed by atoms with Crippen molar-refractivity contribution in [3.05, 3.63) is 95.5 Å². The highest BCUT2D eigenvalue weighted by molar-refractivity contribution is 6.30. The number of halogens is 1. The van der Waals surface area contributed by atoms with Gasteiger partial charge in [0, 0.05) is 55.1 Å². The van der Waals surface area contributed by atoms with Crippen LogP contribution in [0.15, 0.2) is 84.9 Å². The van der Waals surface area contributed by atoms with Crippen molar-refractivity contribution in [2.75, 3.05) is 50.1 Å². The van der Waals surface area contributed by atoms with E-state index in [1.54, 1.807) is 7.11 Å². The lowest BCUT2D eigenvalue weighted by molar-refractivity contribution is 0.260. The van der Waals surface area contributed by atoms with E-state index in [1.165, 1.54) is 5.56 Å². The second-order valence-electron chi connectivity index (χ2n) is 8.87. The Kier molecular flexibility index (Phi) is 7.64. The summed E-state index contributed by atoms with van der Waals surface area (Å²) in [4.78, 5) is 14.6. The summed E-state index contributed by atoms with van der Waals surface area (Å²) in [5.41, 5.74) is 3.19. The SMILES string of the molecule is COc1cccc(CCN2CCN(c3cc(Nc4cccc(Cl)c4)nc(-c4ccccc4)n3)CC2)c1. The molecule has 0 spiro atoms. The number of benzene rings is 3. The van der Waals surface area contributed by atoms with Crippen LogP contribution in [0.25, 0.3) is 11.4 Å². The van der Waals surface area contributed by atoms with E-state index in [0.717, 1.165) is 67.8 Å². The summed E-state index contributed by atoms with van der Waals surface area (Å²) in [7, 11) is 1.71. The Hall–Kier alpha value is -3.61. The van der Waals surface area contributed by atoms with Gasteiger partial charge in [0.1, 0.15) is 17.4 Å².